The van der Waals surface area contributed by atoms with Crippen LogP contribution in [0.4, 0.5) is 5.69 Å². The minimum absolute atomic E-state index is 0. The van der Waals surface area contributed by atoms with Gasteiger partial charge in [0.15, 0.2) is 6.61 Å². The second kappa shape index (κ2) is 10.8. The summed E-state index contributed by atoms with van der Waals surface area (Å²) in [4.78, 5) is 22.8. The van der Waals surface area contributed by atoms with Gasteiger partial charge in [-0.05, 0) is 12.1 Å². The summed E-state index contributed by atoms with van der Waals surface area (Å²) in [7, 11) is 2.79. The molecule has 0 aliphatic carbocycles. The fraction of sp³-hybridized carbons (Fsp3) is 0.429. The Kier molecular flexibility index (Phi) is 9.93. The van der Waals surface area contributed by atoms with Crippen LogP contribution in [-0.4, -0.2) is 45.4 Å². The van der Waals surface area contributed by atoms with Gasteiger partial charge in [0.05, 0.1) is 19.6 Å². The van der Waals surface area contributed by atoms with Gasteiger partial charge in [-0.2, -0.15) is 0 Å². The summed E-state index contributed by atoms with van der Waals surface area (Å²) >= 11 is 0. The Bertz CT molecular complexity index is 480. The molecule has 0 aromatic heterocycles. The summed E-state index contributed by atoms with van der Waals surface area (Å²) in [5, 5.41) is 2.71. The summed E-state index contributed by atoms with van der Waals surface area (Å²) in [5.74, 6) is -0.229. The van der Waals surface area contributed by atoms with E-state index >= 15 is 0 Å². The number of nitrogens with one attached hydrogen (secondary N) is 1. The van der Waals surface area contributed by atoms with Crippen molar-refractivity contribution in [2.75, 3.05) is 32.7 Å². The minimum atomic E-state index is -0.477. The summed E-state index contributed by atoms with van der Waals surface area (Å²) < 4.78 is 14.8. The number of carbonyl (C=O) groups excluding carboxylic acids is 2. The molecule has 3 N–H and O–H groups in total. The lowest BCUT2D eigenvalue weighted by atomic mass is 10.2. The van der Waals surface area contributed by atoms with Crippen LogP contribution in [0.25, 0.3) is 0 Å². The number of esters is 1. The van der Waals surface area contributed by atoms with Gasteiger partial charge >= 0.3 is 5.97 Å². The fourth-order valence-corrected chi connectivity index (χ4v) is 1.55. The normalized spacial score (nSPS) is 11.0. The molecule has 124 valence electrons. The van der Waals surface area contributed by atoms with E-state index in [1.165, 1.54) is 14.2 Å². The topological polar surface area (TPSA) is 99.9 Å². The highest BCUT2D eigenvalue weighted by atomic mass is 35.5. The minimum Gasteiger partial charge on any atom is -0.482 e. The van der Waals surface area contributed by atoms with Gasteiger partial charge in [-0.25, -0.2) is 4.79 Å². The third kappa shape index (κ3) is 7.26. The molecule has 1 atom stereocenters. The summed E-state index contributed by atoms with van der Waals surface area (Å²) in [5.41, 5.74) is 6.03. The van der Waals surface area contributed by atoms with Gasteiger partial charge < -0.3 is 25.3 Å². The van der Waals surface area contributed by atoms with Gasteiger partial charge in [0.25, 0.3) is 0 Å². The van der Waals surface area contributed by atoms with Crippen LogP contribution in [0.1, 0.15) is 6.42 Å². The molecule has 7 nitrogen and oxygen atoms in total. The van der Waals surface area contributed by atoms with Gasteiger partial charge in [0.2, 0.25) is 5.91 Å². The molecule has 0 fully saturated rings. The average Bonchev–Trinajstić information content (AvgIpc) is 2.50. The molecule has 0 aliphatic rings. The third-order valence-corrected chi connectivity index (χ3v) is 2.71. The largest absolute Gasteiger partial charge is 0.482 e. The molecule has 1 aromatic rings. The van der Waals surface area contributed by atoms with Crippen LogP contribution < -0.4 is 15.8 Å². The van der Waals surface area contributed by atoms with Crippen molar-refractivity contribution in [2.24, 2.45) is 5.73 Å². The number of hydrogen-bond acceptors (Lipinski definition) is 6. The first-order valence-corrected chi connectivity index (χ1v) is 6.41. The summed E-state index contributed by atoms with van der Waals surface area (Å²) in [6, 6.07) is 6.72. The van der Waals surface area contributed by atoms with Crippen LogP contribution in [0.2, 0.25) is 0 Å². The molecular weight excluding hydrogens is 312 g/mol. The lowest BCUT2D eigenvalue weighted by molar-refractivity contribution is -0.142. The molecule has 0 bridgehead atoms. The number of amides is 1. The molecule has 22 heavy (non-hydrogen) atoms. The number of halogens is 1. The monoisotopic (exact) mass is 332 g/mol. The number of hydrogen-bond donors (Lipinski definition) is 2. The van der Waals surface area contributed by atoms with E-state index in [-0.39, 0.29) is 44.0 Å². The smallest absolute Gasteiger partial charge is 0.343 e. The van der Waals surface area contributed by atoms with Crippen molar-refractivity contribution >= 4 is 30.0 Å². The number of methoxy groups -OCH3 is 2. The van der Waals surface area contributed by atoms with E-state index < -0.39 is 5.97 Å². The fourth-order valence-electron chi connectivity index (χ4n) is 1.55. The second-order valence-corrected chi connectivity index (χ2v) is 4.24. The van der Waals surface area contributed by atoms with Crippen molar-refractivity contribution in [1.82, 2.24) is 0 Å². The standard InChI is InChI=1S/C14H20N2O5.ClH/c1-19-12(8-15)7-13(17)16-10-4-3-5-11(6-10)21-9-14(18)20-2;/h3-6,12H,7-9,15H2,1-2H3,(H,16,17);1H. The summed E-state index contributed by atoms with van der Waals surface area (Å²) in [6.07, 6.45) is -0.149. The number of ether oxygens (including phenoxy) is 3. The zero-order chi connectivity index (χ0) is 15.7. The molecule has 0 saturated heterocycles. The molecule has 0 aliphatic heterocycles. The highest BCUT2D eigenvalue weighted by Gasteiger charge is 2.12. The zero-order valence-corrected chi connectivity index (χ0v) is 13.4. The predicted molar refractivity (Wildman–Crippen MR) is 84.3 cm³/mol. The number of nitrogens with two attached hydrogens (primary N) is 1. The Hall–Kier alpha value is -1.83. The van der Waals surface area contributed by atoms with Gasteiger partial charge in [-0.15, -0.1) is 12.4 Å². The first-order valence-electron chi connectivity index (χ1n) is 6.41. The molecule has 1 unspecified atom stereocenters. The van der Waals surface area contributed by atoms with E-state index in [0.29, 0.717) is 11.4 Å². The SMILES string of the molecule is COC(=O)COc1cccc(NC(=O)CC(CN)OC)c1.Cl. The highest BCUT2D eigenvalue weighted by molar-refractivity contribution is 5.91. The Morgan fingerprint density at radius 1 is 1.32 bits per heavy atom. The van der Waals surface area contributed by atoms with Crippen molar-refractivity contribution in [2.45, 2.75) is 12.5 Å². The number of rotatable bonds is 8. The van der Waals surface area contributed by atoms with Gasteiger partial charge in [0, 0.05) is 25.4 Å². The Morgan fingerprint density at radius 3 is 2.64 bits per heavy atom. The van der Waals surface area contributed by atoms with Crippen molar-refractivity contribution in [3.63, 3.8) is 0 Å². The molecule has 1 aromatic carbocycles. The zero-order valence-electron chi connectivity index (χ0n) is 12.5. The third-order valence-electron chi connectivity index (χ3n) is 2.71. The Balaban J connectivity index is 0.00000441. The molecule has 1 amide bonds. The van der Waals surface area contributed by atoms with E-state index in [1.54, 1.807) is 24.3 Å². The quantitative estimate of drug-likeness (QED) is 0.688. The number of anilines is 1. The van der Waals surface area contributed by atoms with Crippen LogP contribution in [0.15, 0.2) is 24.3 Å². The molecule has 0 saturated carbocycles. The molecule has 0 spiro atoms. The predicted octanol–water partition coefficient (Wildman–Crippen LogP) is 0.963. The first kappa shape index (κ1) is 20.2. The van der Waals surface area contributed by atoms with E-state index in [4.69, 9.17) is 15.2 Å². The maximum atomic E-state index is 11.8. The van der Waals surface area contributed by atoms with E-state index in [1.807, 2.05) is 0 Å². The Morgan fingerprint density at radius 2 is 2.05 bits per heavy atom. The van der Waals surface area contributed by atoms with Crippen LogP contribution in [0.3, 0.4) is 0 Å². The van der Waals surface area contributed by atoms with E-state index in [0.717, 1.165) is 0 Å². The van der Waals surface area contributed by atoms with Crippen molar-refractivity contribution in [3.05, 3.63) is 24.3 Å². The summed E-state index contributed by atoms with van der Waals surface area (Å²) in [6.45, 7) is 0.0824. The average molecular weight is 333 g/mol. The maximum absolute atomic E-state index is 11.8. The molecule has 0 radical (unpaired) electrons. The van der Waals surface area contributed by atoms with Gasteiger partial charge in [0.1, 0.15) is 5.75 Å². The first-order chi connectivity index (χ1) is 10.1. The molecule has 1 rings (SSSR count). The van der Waals surface area contributed by atoms with Crippen LogP contribution in [0, 0.1) is 0 Å². The van der Waals surface area contributed by atoms with Crippen LogP contribution >= 0.6 is 12.4 Å². The molecule has 0 heterocycles. The number of carbonyl (C=O) groups is 2. The van der Waals surface area contributed by atoms with Gasteiger partial charge in [-0.3, -0.25) is 4.79 Å². The second-order valence-electron chi connectivity index (χ2n) is 4.24. The van der Waals surface area contributed by atoms with E-state index in [2.05, 4.69) is 10.1 Å². The van der Waals surface area contributed by atoms with Crippen molar-refractivity contribution in [3.8, 4) is 5.75 Å². The van der Waals surface area contributed by atoms with Crippen molar-refractivity contribution < 1.29 is 23.8 Å². The molecule has 8 heteroatoms. The highest BCUT2D eigenvalue weighted by Crippen LogP contribution is 2.17. The number of benzene rings is 1. The van der Waals surface area contributed by atoms with E-state index in [9.17, 15) is 9.59 Å². The van der Waals surface area contributed by atoms with Crippen molar-refractivity contribution in [1.29, 1.82) is 0 Å². The van der Waals surface area contributed by atoms with Crippen LogP contribution in [0.5, 0.6) is 5.75 Å². The lowest BCUT2D eigenvalue weighted by Gasteiger charge is -2.13. The lowest BCUT2D eigenvalue weighted by Crippen LogP contribution is -2.28. The Labute approximate surface area is 135 Å². The van der Waals surface area contributed by atoms with Crippen LogP contribution in [-0.2, 0) is 19.1 Å². The maximum Gasteiger partial charge on any atom is 0.343 e. The molecular formula is C14H21ClN2O5. The van der Waals surface area contributed by atoms with Gasteiger partial charge in [-0.1, -0.05) is 6.07 Å².